The van der Waals surface area contributed by atoms with Crippen molar-refractivity contribution in [2.24, 2.45) is 0 Å². The number of benzene rings is 3. The highest BCUT2D eigenvalue weighted by Gasteiger charge is 2.31. The van der Waals surface area contributed by atoms with Gasteiger partial charge in [-0.1, -0.05) is 60.1 Å². The maximum absolute atomic E-state index is 13.0. The second kappa shape index (κ2) is 9.89. The number of anilines is 2. The third-order valence-corrected chi connectivity index (χ3v) is 6.38. The van der Waals surface area contributed by atoms with Crippen molar-refractivity contribution in [2.45, 2.75) is 22.6 Å². The van der Waals surface area contributed by atoms with Crippen molar-refractivity contribution in [3.05, 3.63) is 89.4 Å². The molecule has 1 aliphatic rings. The van der Waals surface area contributed by atoms with Crippen molar-refractivity contribution in [3.63, 3.8) is 0 Å². The molecule has 8 heteroatoms. The van der Waals surface area contributed by atoms with Crippen molar-refractivity contribution in [3.8, 4) is 0 Å². The molecule has 0 aromatic heterocycles. The summed E-state index contributed by atoms with van der Waals surface area (Å²) in [6.07, 6.45) is -0.0689. The van der Waals surface area contributed by atoms with Crippen LogP contribution in [0.15, 0.2) is 83.8 Å². The molecule has 0 radical (unpaired) electrons. The lowest BCUT2D eigenvalue weighted by molar-refractivity contribution is -0.127. The van der Waals surface area contributed by atoms with E-state index in [-0.39, 0.29) is 18.2 Å². The second-order valence-electron chi connectivity index (χ2n) is 7.21. The van der Waals surface area contributed by atoms with Gasteiger partial charge >= 0.3 is 0 Å². The van der Waals surface area contributed by atoms with Crippen molar-refractivity contribution in [1.82, 2.24) is 5.32 Å². The van der Waals surface area contributed by atoms with Crippen LogP contribution in [-0.4, -0.2) is 23.0 Å². The highest BCUT2D eigenvalue weighted by molar-refractivity contribution is 8.01. The number of carbonyl (C=O) groups is 3. The fourth-order valence-corrected chi connectivity index (χ4v) is 4.59. The number of amides is 3. The number of hydrogen-bond acceptors (Lipinski definition) is 4. The smallest absolute Gasteiger partial charge is 0.251 e. The minimum absolute atomic E-state index is 0.0689. The van der Waals surface area contributed by atoms with Gasteiger partial charge in [0.1, 0.15) is 6.04 Å². The van der Waals surface area contributed by atoms with Crippen LogP contribution in [0, 0.1) is 0 Å². The van der Waals surface area contributed by atoms with E-state index in [9.17, 15) is 14.4 Å². The van der Waals surface area contributed by atoms with Gasteiger partial charge in [0.15, 0.2) is 0 Å². The molecule has 32 heavy (non-hydrogen) atoms. The van der Waals surface area contributed by atoms with Gasteiger partial charge in [-0.2, -0.15) is 0 Å². The molecule has 162 valence electrons. The minimum atomic E-state index is -0.897. The molecule has 6 nitrogen and oxygen atoms in total. The molecule has 0 saturated carbocycles. The first-order chi connectivity index (χ1) is 15.5. The van der Waals surface area contributed by atoms with E-state index in [1.807, 2.05) is 30.3 Å². The predicted octanol–water partition coefficient (Wildman–Crippen LogP) is 4.64. The number of halogens is 1. The van der Waals surface area contributed by atoms with Crippen molar-refractivity contribution >= 4 is 52.5 Å². The summed E-state index contributed by atoms with van der Waals surface area (Å²) in [5, 5.41) is 8.32. The van der Waals surface area contributed by atoms with Crippen LogP contribution in [0.1, 0.15) is 18.0 Å². The van der Waals surface area contributed by atoms with Gasteiger partial charge in [-0.3, -0.25) is 14.4 Å². The molecule has 0 saturated heterocycles. The Morgan fingerprint density at radius 1 is 1.00 bits per heavy atom. The third kappa shape index (κ3) is 5.30. The number of rotatable bonds is 6. The number of thioether (sulfide) groups is 1. The van der Waals surface area contributed by atoms with Gasteiger partial charge in [0.25, 0.3) is 5.91 Å². The summed E-state index contributed by atoms with van der Waals surface area (Å²) in [4.78, 5) is 39.2. The third-order valence-electron chi connectivity index (χ3n) is 4.87. The molecule has 4 rings (SSSR count). The molecule has 3 aromatic carbocycles. The fraction of sp³-hybridized carbons (Fsp3) is 0.125. The van der Waals surface area contributed by atoms with Crippen LogP contribution in [0.25, 0.3) is 0 Å². The average Bonchev–Trinajstić information content (AvgIpc) is 2.79. The fourth-order valence-electron chi connectivity index (χ4n) is 3.33. The Morgan fingerprint density at radius 2 is 1.69 bits per heavy atom. The SMILES string of the molecule is O=C(CC1Sc2ccc(Cl)cc2NC1=O)NC(C(=O)Nc1ccccc1)c1ccccc1. The van der Waals surface area contributed by atoms with Crippen LogP contribution in [0.2, 0.25) is 5.02 Å². The van der Waals surface area contributed by atoms with Gasteiger partial charge in [0, 0.05) is 22.0 Å². The van der Waals surface area contributed by atoms with Gasteiger partial charge < -0.3 is 16.0 Å². The lowest BCUT2D eigenvalue weighted by Crippen LogP contribution is -2.40. The molecule has 3 amide bonds. The zero-order valence-corrected chi connectivity index (χ0v) is 18.5. The molecular weight excluding hydrogens is 446 g/mol. The molecule has 0 bridgehead atoms. The number of para-hydroxylation sites is 1. The van der Waals surface area contributed by atoms with Gasteiger partial charge in [0.05, 0.1) is 10.9 Å². The van der Waals surface area contributed by atoms with Crippen LogP contribution in [0.4, 0.5) is 11.4 Å². The van der Waals surface area contributed by atoms with Gasteiger partial charge in [-0.15, -0.1) is 11.8 Å². The molecule has 0 aliphatic carbocycles. The van der Waals surface area contributed by atoms with Gasteiger partial charge in [0.2, 0.25) is 11.8 Å². The zero-order valence-electron chi connectivity index (χ0n) is 16.9. The molecule has 0 spiro atoms. The Balaban J connectivity index is 1.47. The highest BCUT2D eigenvalue weighted by atomic mass is 35.5. The summed E-state index contributed by atoms with van der Waals surface area (Å²) in [6, 6.07) is 22.4. The maximum Gasteiger partial charge on any atom is 0.251 e. The Kier molecular flexibility index (Phi) is 6.78. The molecule has 3 N–H and O–H groups in total. The number of hydrogen-bond donors (Lipinski definition) is 3. The van der Waals surface area contributed by atoms with Gasteiger partial charge in [-0.25, -0.2) is 0 Å². The normalized spacial score (nSPS) is 15.8. The summed E-state index contributed by atoms with van der Waals surface area (Å²) in [5.74, 6) is -1.03. The largest absolute Gasteiger partial charge is 0.340 e. The first-order valence-electron chi connectivity index (χ1n) is 9.97. The zero-order chi connectivity index (χ0) is 22.5. The van der Waals surface area contributed by atoms with E-state index >= 15 is 0 Å². The summed E-state index contributed by atoms with van der Waals surface area (Å²) in [5.41, 5.74) is 1.91. The summed E-state index contributed by atoms with van der Waals surface area (Å²) < 4.78 is 0. The van der Waals surface area contributed by atoms with Gasteiger partial charge in [-0.05, 0) is 35.9 Å². The van der Waals surface area contributed by atoms with Crippen LogP contribution in [0.5, 0.6) is 0 Å². The summed E-state index contributed by atoms with van der Waals surface area (Å²) >= 11 is 7.29. The van der Waals surface area contributed by atoms with E-state index in [1.54, 1.807) is 48.5 Å². The number of fused-ring (bicyclic) bond motifs is 1. The molecule has 2 atom stereocenters. The predicted molar refractivity (Wildman–Crippen MR) is 127 cm³/mol. The standard InChI is InChI=1S/C24H20ClN3O3S/c25-16-11-12-19-18(13-16)27-23(30)20(32-19)14-21(29)28-22(15-7-3-1-4-8-15)24(31)26-17-9-5-2-6-10-17/h1-13,20,22H,14H2,(H,26,31)(H,27,30)(H,28,29). The molecule has 0 fully saturated rings. The van der Waals surface area contributed by atoms with E-state index in [1.165, 1.54) is 11.8 Å². The average molecular weight is 466 g/mol. The van der Waals surface area contributed by atoms with Crippen LogP contribution < -0.4 is 16.0 Å². The van der Waals surface area contributed by atoms with Crippen LogP contribution in [0.3, 0.4) is 0 Å². The molecule has 1 aliphatic heterocycles. The number of carbonyl (C=O) groups excluding carboxylic acids is 3. The lowest BCUT2D eigenvalue weighted by atomic mass is 10.1. The molecular formula is C24H20ClN3O3S. The van der Waals surface area contributed by atoms with Crippen molar-refractivity contribution in [1.29, 1.82) is 0 Å². The van der Waals surface area contributed by atoms with E-state index in [2.05, 4.69) is 16.0 Å². The van der Waals surface area contributed by atoms with E-state index in [4.69, 9.17) is 11.6 Å². The van der Waals surface area contributed by atoms with E-state index in [0.29, 0.717) is 22.0 Å². The first-order valence-corrected chi connectivity index (χ1v) is 11.2. The number of nitrogens with one attached hydrogen (secondary N) is 3. The maximum atomic E-state index is 13.0. The van der Waals surface area contributed by atoms with E-state index in [0.717, 1.165) is 4.90 Å². The minimum Gasteiger partial charge on any atom is -0.340 e. The molecule has 3 aromatic rings. The Bertz CT molecular complexity index is 1140. The van der Waals surface area contributed by atoms with Crippen molar-refractivity contribution in [2.75, 3.05) is 10.6 Å². The topological polar surface area (TPSA) is 87.3 Å². The monoisotopic (exact) mass is 465 g/mol. The highest BCUT2D eigenvalue weighted by Crippen LogP contribution is 2.38. The van der Waals surface area contributed by atoms with Crippen LogP contribution in [-0.2, 0) is 14.4 Å². The second-order valence-corrected chi connectivity index (χ2v) is 8.89. The summed E-state index contributed by atoms with van der Waals surface area (Å²) in [7, 11) is 0. The Hall–Kier alpha value is -3.29. The van der Waals surface area contributed by atoms with Crippen molar-refractivity contribution < 1.29 is 14.4 Å². The Morgan fingerprint density at radius 3 is 2.41 bits per heavy atom. The Labute approximate surface area is 194 Å². The summed E-state index contributed by atoms with van der Waals surface area (Å²) in [6.45, 7) is 0. The first kappa shape index (κ1) is 21.9. The lowest BCUT2D eigenvalue weighted by Gasteiger charge is -2.25. The van der Waals surface area contributed by atoms with E-state index < -0.39 is 17.2 Å². The quantitative estimate of drug-likeness (QED) is 0.495. The molecule has 2 unspecified atom stereocenters. The molecule has 1 heterocycles. The van der Waals surface area contributed by atoms with Crippen LogP contribution >= 0.6 is 23.4 Å².